The van der Waals surface area contributed by atoms with E-state index < -0.39 is 0 Å². The summed E-state index contributed by atoms with van der Waals surface area (Å²) in [6.07, 6.45) is 0.355. The van der Waals surface area contributed by atoms with Crippen LogP contribution in [-0.2, 0) is 4.79 Å². The predicted molar refractivity (Wildman–Crippen MR) is 80.2 cm³/mol. The number of amides is 1. The van der Waals surface area contributed by atoms with E-state index in [2.05, 4.69) is 20.9 Å². The molecule has 5 nitrogen and oxygen atoms in total. The van der Waals surface area contributed by atoms with Crippen molar-refractivity contribution in [3.8, 4) is 0 Å². The molecule has 1 aromatic rings. The Morgan fingerprint density at radius 3 is 2.53 bits per heavy atom. The van der Waals surface area contributed by atoms with Gasteiger partial charge >= 0.3 is 0 Å². The predicted octanol–water partition coefficient (Wildman–Crippen LogP) is 2.76. The van der Waals surface area contributed by atoms with Crippen molar-refractivity contribution in [2.75, 3.05) is 24.2 Å². The van der Waals surface area contributed by atoms with Crippen LogP contribution >= 0.6 is 23.2 Å². The highest BCUT2D eigenvalue weighted by molar-refractivity contribution is 6.37. The fraction of sp³-hybridized carbons (Fsp3) is 0.500. The Bertz CT molecular complexity index is 452. The summed E-state index contributed by atoms with van der Waals surface area (Å²) in [4.78, 5) is 15.7. The van der Waals surface area contributed by atoms with Crippen LogP contribution in [0.2, 0.25) is 10.0 Å². The molecule has 0 aromatic carbocycles. The van der Waals surface area contributed by atoms with E-state index in [1.54, 1.807) is 13.1 Å². The minimum atomic E-state index is -0.0126. The van der Waals surface area contributed by atoms with Crippen LogP contribution in [0.5, 0.6) is 0 Å². The van der Waals surface area contributed by atoms with Gasteiger partial charge in [0.05, 0.1) is 10.0 Å². The number of carbonyl (C=O) groups excluding carboxylic acids is 1. The number of nitrogens with one attached hydrogen (secondary N) is 3. The monoisotopic (exact) mass is 304 g/mol. The van der Waals surface area contributed by atoms with Crippen molar-refractivity contribution in [2.45, 2.75) is 26.3 Å². The highest BCUT2D eigenvalue weighted by Crippen LogP contribution is 2.28. The maximum atomic E-state index is 11.5. The first kappa shape index (κ1) is 15.9. The number of hydrogen-bond donors (Lipinski definition) is 3. The largest absolute Gasteiger partial charge is 0.372 e. The summed E-state index contributed by atoms with van der Waals surface area (Å²) >= 11 is 12.0. The number of aromatic nitrogens is 1. The molecule has 0 aliphatic heterocycles. The Balaban J connectivity index is 2.56. The molecule has 0 atom stereocenters. The van der Waals surface area contributed by atoms with Gasteiger partial charge in [0, 0.05) is 26.1 Å². The van der Waals surface area contributed by atoms with Crippen LogP contribution in [0.25, 0.3) is 0 Å². The number of anilines is 2. The standard InChI is InChI=1S/C12H18Cl2N4O/c1-7(2)17-10(19)4-5-16-12-9(14)6-8(13)11(15-3)18-12/h6-7H,4-5H2,1-3H3,(H,17,19)(H2,15,16,18). The molecule has 0 saturated carbocycles. The highest BCUT2D eigenvalue weighted by atomic mass is 35.5. The first-order chi connectivity index (χ1) is 8.93. The van der Waals surface area contributed by atoms with Crippen LogP contribution < -0.4 is 16.0 Å². The van der Waals surface area contributed by atoms with Gasteiger partial charge in [-0.05, 0) is 19.9 Å². The number of nitrogens with zero attached hydrogens (tertiary/aromatic N) is 1. The van der Waals surface area contributed by atoms with Gasteiger partial charge in [0.25, 0.3) is 0 Å². The van der Waals surface area contributed by atoms with E-state index in [1.807, 2.05) is 13.8 Å². The van der Waals surface area contributed by atoms with E-state index >= 15 is 0 Å². The molecule has 1 amide bonds. The summed E-state index contributed by atoms with van der Waals surface area (Å²) in [6.45, 7) is 4.29. The average molecular weight is 305 g/mol. The van der Waals surface area contributed by atoms with E-state index in [4.69, 9.17) is 23.2 Å². The number of halogens is 2. The number of rotatable bonds is 6. The Morgan fingerprint density at radius 1 is 1.32 bits per heavy atom. The van der Waals surface area contributed by atoms with Crippen molar-refractivity contribution in [2.24, 2.45) is 0 Å². The smallest absolute Gasteiger partial charge is 0.221 e. The van der Waals surface area contributed by atoms with E-state index in [0.29, 0.717) is 34.6 Å². The van der Waals surface area contributed by atoms with Gasteiger partial charge in [-0.2, -0.15) is 0 Å². The molecular formula is C12H18Cl2N4O. The number of carbonyl (C=O) groups is 1. The Kier molecular flexibility index (Phi) is 6.18. The molecule has 7 heteroatoms. The van der Waals surface area contributed by atoms with E-state index in [9.17, 15) is 4.79 Å². The van der Waals surface area contributed by atoms with Gasteiger partial charge < -0.3 is 16.0 Å². The summed E-state index contributed by atoms with van der Waals surface area (Å²) in [5, 5.41) is 9.57. The second-order valence-corrected chi connectivity index (χ2v) is 5.11. The summed E-state index contributed by atoms with van der Waals surface area (Å²) in [7, 11) is 1.72. The molecule has 0 aliphatic rings. The quantitative estimate of drug-likeness (QED) is 0.756. The summed E-state index contributed by atoms with van der Waals surface area (Å²) in [5.41, 5.74) is 0. The van der Waals surface area contributed by atoms with E-state index in [-0.39, 0.29) is 11.9 Å². The van der Waals surface area contributed by atoms with E-state index in [0.717, 1.165) is 0 Å². The molecule has 0 unspecified atom stereocenters. The highest BCUT2D eigenvalue weighted by Gasteiger charge is 2.09. The van der Waals surface area contributed by atoms with Crippen LogP contribution in [0.3, 0.4) is 0 Å². The van der Waals surface area contributed by atoms with Crippen molar-refractivity contribution in [3.63, 3.8) is 0 Å². The van der Waals surface area contributed by atoms with Crippen LogP contribution in [0.1, 0.15) is 20.3 Å². The van der Waals surface area contributed by atoms with Gasteiger partial charge in [-0.15, -0.1) is 0 Å². The second kappa shape index (κ2) is 7.40. The topological polar surface area (TPSA) is 66.0 Å². The molecule has 19 heavy (non-hydrogen) atoms. The van der Waals surface area contributed by atoms with Crippen LogP contribution in [0.4, 0.5) is 11.6 Å². The maximum absolute atomic E-state index is 11.5. The van der Waals surface area contributed by atoms with Gasteiger partial charge in [-0.1, -0.05) is 23.2 Å². The van der Waals surface area contributed by atoms with Gasteiger partial charge in [-0.3, -0.25) is 4.79 Å². The van der Waals surface area contributed by atoms with Crippen LogP contribution in [0, 0.1) is 0 Å². The molecule has 106 valence electrons. The molecule has 1 aromatic heterocycles. The third-order valence-corrected chi connectivity index (χ3v) is 2.84. The average Bonchev–Trinajstić information content (AvgIpc) is 2.31. The van der Waals surface area contributed by atoms with Crippen LogP contribution in [0.15, 0.2) is 6.07 Å². The van der Waals surface area contributed by atoms with Crippen molar-refractivity contribution in [1.82, 2.24) is 10.3 Å². The summed E-state index contributed by atoms with van der Waals surface area (Å²) < 4.78 is 0. The zero-order chi connectivity index (χ0) is 14.4. The molecule has 0 radical (unpaired) electrons. The minimum absolute atomic E-state index is 0.0126. The fourth-order valence-electron chi connectivity index (χ4n) is 1.45. The van der Waals surface area contributed by atoms with Gasteiger partial charge in [0.15, 0.2) is 0 Å². The number of pyridine rings is 1. The normalized spacial score (nSPS) is 10.4. The first-order valence-corrected chi connectivity index (χ1v) is 6.76. The summed E-state index contributed by atoms with van der Waals surface area (Å²) in [6, 6.07) is 1.75. The van der Waals surface area contributed by atoms with Gasteiger partial charge in [0.2, 0.25) is 5.91 Å². The molecule has 0 saturated heterocycles. The lowest BCUT2D eigenvalue weighted by Gasteiger charge is -2.11. The lowest BCUT2D eigenvalue weighted by atomic mass is 10.3. The molecule has 0 aliphatic carbocycles. The Morgan fingerprint density at radius 2 is 1.95 bits per heavy atom. The van der Waals surface area contributed by atoms with Crippen molar-refractivity contribution in [3.05, 3.63) is 16.1 Å². The third kappa shape index (κ3) is 5.12. The minimum Gasteiger partial charge on any atom is -0.372 e. The Hall–Kier alpha value is -1.20. The van der Waals surface area contributed by atoms with E-state index in [1.165, 1.54) is 0 Å². The molecule has 1 rings (SSSR count). The van der Waals surface area contributed by atoms with Crippen molar-refractivity contribution >= 4 is 40.7 Å². The Labute approximate surface area is 123 Å². The fourth-order valence-corrected chi connectivity index (χ4v) is 1.97. The van der Waals surface area contributed by atoms with Gasteiger partial charge in [-0.25, -0.2) is 4.98 Å². The third-order valence-electron chi connectivity index (χ3n) is 2.26. The van der Waals surface area contributed by atoms with Gasteiger partial charge in [0.1, 0.15) is 11.6 Å². The summed E-state index contributed by atoms with van der Waals surface area (Å²) in [5.74, 6) is 1.04. The zero-order valence-electron chi connectivity index (χ0n) is 11.2. The lowest BCUT2D eigenvalue weighted by molar-refractivity contribution is -0.121. The second-order valence-electron chi connectivity index (χ2n) is 4.30. The molecule has 1 heterocycles. The van der Waals surface area contributed by atoms with Crippen LogP contribution in [-0.4, -0.2) is 30.5 Å². The molecule has 0 fully saturated rings. The zero-order valence-corrected chi connectivity index (χ0v) is 12.7. The van der Waals surface area contributed by atoms with Crippen molar-refractivity contribution in [1.29, 1.82) is 0 Å². The molecule has 0 bridgehead atoms. The van der Waals surface area contributed by atoms with Crippen molar-refractivity contribution < 1.29 is 4.79 Å². The maximum Gasteiger partial charge on any atom is 0.221 e. The molecule has 3 N–H and O–H groups in total. The molecule has 0 spiro atoms. The SMILES string of the molecule is CNc1nc(NCCC(=O)NC(C)C)c(Cl)cc1Cl. The lowest BCUT2D eigenvalue weighted by Crippen LogP contribution is -2.31. The first-order valence-electron chi connectivity index (χ1n) is 6.01. The number of hydrogen-bond acceptors (Lipinski definition) is 4. The molecular weight excluding hydrogens is 287 g/mol.